The number of carbonyl (C=O) groups excluding carboxylic acids is 1. The molecule has 0 bridgehead atoms. The summed E-state index contributed by atoms with van der Waals surface area (Å²) in [4.78, 5) is 14.6. The molecule has 0 aliphatic rings. The molecule has 0 unspecified atom stereocenters. The van der Waals surface area contributed by atoms with Crippen molar-refractivity contribution in [3.05, 3.63) is 36.5 Å². The van der Waals surface area contributed by atoms with E-state index in [4.69, 9.17) is 5.26 Å². The van der Waals surface area contributed by atoms with Gasteiger partial charge < -0.3 is 9.90 Å². The summed E-state index contributed by atoms with van der Waals surface area (Å²) >= 11 is 0. The molecule has 0 aromatic rings. The predicted octanol–water partition coefficient (Wildman–Crippen LogP) is 3.79. The third-order valence-electron chi connectivity index (χ3n) is 3.20. The minimum absolute atomic E-state index is 0.162. The summed E-state index contributed by atoms with van der Waals surface area (Å²) in [6.07, 6.45) is 19.2. The van der Waals surface area contributed by atoms with E-state index < -0.39 is 12.1 Å². The van der Waals surface area contributed by atoms with Gasteiger partial charge in [0.05, 0.1) is 0 Å². The van der Waals surface area contributed by atoms with Crippen LogP contribution in [0, 0.1) is 0 Å². The number of carboxylic acids is 1. The van der Waals surface area contributed by atoms with Gasteiger partial charge >= 0.3 is 0 Å². The van der Waals surface area contributed by atoms with Crippen LogP contribution >= 0.6 is 0 Å². The van der Waals surface area contributed by atoms with Crippen LogP contribution in [0.25, 0.3) is 0 Å². The first-order valence-electron chi connectivity index (χ1n) is 8.19. The molecule has 126 valence electrons. The number of unbranched alkanes of at least 4 members (excludes halogenated alkanes) is 5. The first kappa shape index (κ1) is 20.6. The van der Waals surface area contributed by atoms with Crippen molar-refractivity contribution in [1.82, 2.24) is 0 Å². The van der Waals surface area contributed by atoms with Gasteiger partial charge in [0.15, 0.2) is 0 Å². The number of rotatable bonds is 14. The van der Waals surface area contributed by atoms with Gasteiger partial charge in [0, 0.05) is 5.97 Å². The Labute approximate surface area is 134 Å². The second-order valence-corrected chi connectivity index (χ2v) is 5.22. The van der Waals surface area contributed by atoms with Crippen molar-refractivity contribution in [2.45, 2.75) is 70.8 Å². The molecule has 0 amide bonds. The van der Waals surface area contributed by atoms with Crippen LogP contribution in [0.15, 0.2) is 36.5 Å². The summed E-state index contributed by atoms with van der Waals surface area (Å²) in [5, 5.41) is 19.0. The van der Waals surface area contributed by atoms with Crippen LogP contribution in [0.4, 0.5) is 0 Å². The Hall–Kier alpha value is -1.39. The van der Waals surface area contributed by atoms with E-state index in [0.717, 1.165) is 44.9 Å². The fraction of sp³-hybridized carbons (Fsp3) is 0.611. The fourth-order valence-electron chi connectivity index (χ4n) is 1.98. The highest BCUT2D eigenvalue weighted by molar-refractivity contribution is 5.63. The molecule has 0 aromatic heterocycles. The van der Waals surface area contributed by atoms with Crippen molar-refractivity contribution in [3.8, 4) is 0 Å². The van der Waals surface area contributed by atoms with Crippen molar-refractivity contribution in [3.63, 3.8) is 0 Å². The molecule has 0 rings (SSSR count). The van der Waals surface area contributed by atoms with E-state index >= 15 is 0 Å². The molecule has 0 fully saturated rings. The summed E-state index contributed by atoms with van der Waals surface area (Å²) < 4.78 is 0. The van der Waals surface area contributed by atoms with Crippen LogP contribution < -0.4 is 5.11 Å². The number of hydrogen-bond acceptors (Lipinski definition) is 4. The number of allylic oxidation sites excluding steroid dienone is 4. The predicted molar refractivity (Wildman–Crippen MR) is 87.2 cm³/mol. The highest BCUT2D eigenvalue weighted by Crippen LogP contribution is 2.08. The standard InChI is InChI=1S/C18H30O4/c1-2-3-4-8-11-14-17(22-21)15-12-9-6-5-7-10-13-16-18(19)20/h3-4,11-12,14-15,17,21H,2,5-10,13,16H2,1H3,(H,19,20)/p-1/b4-3-,14-11-,15-12-/t17-/m0/s1. The van der Waals surface area contributed by atoms with Gasteiger partial charge in [0.1, 0.15) is 6.10 Å². The van der Waals surface area contributed by atoms with Gasteiger partial charge in [-0.1, -0.05) is 62.6 Å². The third kappa shape index (κ3) is 15.0. The van der Waals surface area contributed by atoms with Gasteiger partial charge in [0.2, 0.25) is 0 Å². The van der Waals surface area contributed by atoms with Gasteiger partial charge in [-0.25, -0.2) is 4.89 Å². The summed E-state index contributed by atoms with van der Waals surface area (Å²) in [5.41, 5.74) is 0. The van der Waals surface area contributed by atoms with Crippen molar-refractivity contribution in [1.29, 1.82) is 0 Å². The Morgan fingerprint density at radius 1 is 1.05 bits per heavy atom. The largest absolute Gasteiger partial charge is 0.550 e. The summed E-state index contributed by atoms with van der Waals surface area (Å²) in [5.74, 6) is -0.962. The van der Waals surface area contributed by atoms with Crippen LogP contribution in [0.5, 0.6) is 0 Å². The summed E-state index contributed by atoms with van der Waals surface area (Å²) in [6, 6.07) is 0. The lowest BCUT2D eigenvalue weighted by atomic mass is 10.1. The SMILES string of the molecule is CC/C=C\C/C=C\[C@@H](/C=C\CCCCCCCC(=O)[O-])OO. The number of carbonyl (C=O) groups is 1. The summed E-state index contributed by atoms with van der Waals surface area (Å²) in [7, 11) is 0. The smallest absolute Gasteiger partial charge is 0.129 e. The average Bonchev–Trinajstić information content (AvgIpc) is 2.50. The molecule has 22 heavy (non-hydrogen) atoms. The molecule has 0 aliphatic carbocycles. The molecular formula is C18H29O4-. The van der Waals surface area contributed by atoms with E-state index in [2.05, 4.69) is 24.0 Å². The van der Waals surface area contributed by atoms with Gasteiger partial charge in [-0.3, -0.25) is 5.26 Å². The fourth-order valence-corrected chi connectivity index (χ4v) is 1.98. The quantitative estimate of drug-likeness (QED) is 0.229. The number of hydrogen-bond donors (Lipinski definition) is 1. The van der Waals surface area contributed by atoms with Crippen LogP contribution in [0.2, 0.25) is 0 Å². The minimum Gasteiger partial charge on any atom is -0.550 e. The van der Waals surface area contributed by atoms with Crippen LogP contribution in [-0.2, 0) is 9.68 Å². The van der Waals surface area contributed by atoms with Gasteiger partial charge in [-0.15, -0.1) is 0 Å². The van der Waals surface area contributed by atoms with Crippen molar-refractivity contribution >= 4 is 5.97 Å². The third-order valence-corrected chi connectivity index (χ3v) is 3.20. The monoisotopic (exact) mass is 309 g/mol. The Balaban J connectivity index is 3.63. The average molecular weight is 309 g/mol. The van der Waals surface area contributed by atoms with Gasteiger partial charge in [-0.05, 0) is 38.5 Å². The highest BCUT2D eigenvalue weighted by atomic mass is 17.1. The molecule has 0 spiro atoms. The molecule has 0 saturated carbocycles. The second kappa shape index (κ2) is 16.0. The molecule has 0 aromatic carbocycles. The molecule has 0 aliphatic heterocycles. The molecular weight excluding hydrogens is 280 g/mol. The van der Waals surface area contributed by atoms with Crippen molar-refractivity contribution in [2.24, 2.45) is 0 Å². The number of carboxylic acid groups (broad SMARTS) is 1. The number of aliphatic carboxylic acids is 1. The van der Waals surface area contributed by atoms with E-state index in [1.54, 1.807) is 0 Å². The highest BCUT2D eigenvalue weighted by Gasteiger charge is 1.97. The van der Waals surface area contributed by atoms with Crippen molar-refractivity contribution < 1.29 is 20.0 Å². The summed E-state index contributed by atoms with van der Waals surface area (Å²) in [6.45, 7) is 2.09. The van der Waals surface area contributed by atoms with E-state index in [1.807, 2.05) is 24.3 Å². The first-order chi connectivity index (χ1) is 10.7. The molecule has 4 heteroatoms. The van der Waals surface area contributed by atoms with Gasteiger partial charge in [0.25, 0.3) is 0 Å². The molecule has 1 atom stereocenters. The topological polar surface area (TPSA) is 69.6 Å². The molecule has 0 heterocycles. The molecule has 0 saturated heterocycles. The minimum atomic E-state index is -0.962. The van der Waals surface area contributed by atoms with E-state index in [9.17, 15) is 9.90 Å². The lowest BCUT2D eigenvalue weighted by Gasteiger charge is -2.03. The maximum absolute atomic E-state index is 10.2. The zero-order valence-corrected chi connectivity index (χ0v) is 13.6. The lowest BCUT2D eigenvalue weighted by molar-refractivity contribution is -0.305. The molecule has 1 N–H and O–H groups in total. The Kier molecular flexibility index (Phi) is 15.0. The van der Waals surface area contributed by atoms with Crippen LogP contribution in [-0.4, -0.2) is 17.3 Å². The maximum Gasteiger partial charge on any atom is 0.129 e. The molecule has 4 nitrogen and oxygen atoms in total. The van der Waals surface area contributed by atoms with E-state index in [1.165, 1.54) is 0 Å². The Morgan fingerprint density at radius 2 is 1.73 bits per heavy atom. The normalized spacial score (nSPS) is 13.5. The molecule has 0 radical (unpaired) electrons. The Bertz CT molecular complexity index is 345. The Morgan fingerprint density at radius 3 is 2.41 bits per heavy atom. The zero-order chi connectivity index (χ0) is 16.5. The second-order valence-electron chi connectivity index (χ2n) is 5.22. The zero-order valence-electron chi connectivity index (χ0n) is 13.6. The van der Waals surface area contributed by atoms with Crippen LogP contribution in [0.3, 0.4) is 0 Å². The van der Waals surface area contributed by atoms with Crippen LogP contribution in [0.1, 0.15) is 64.7 Å². The van der Waals surface area contributed by atoms with Gasteiger partial charge in [-0.2, -0.15) is 0 Å². The van der Waals surface area contributed by atoms with E-state index in [-0.39, 0.29) is 6.42 Å². The maximum atomic E-state index is 10.2. The van der Waals surface area contributed by atoms with Crippen molar-refractivity contribution in [2.75, 3.05) is 0 Å². The van der Waals surface area contributed by atoms with E-state index in [0.29, 0.717) is 6.42 Å². The lowest BCUT2D eigenvalue weighted by Crippen LogP contribution is -2.21. The first-order valence-corrected chi connectivity index (χ1v) is 8.19.